The number of hydrogen-bond acceptors (Lipinski definition) is 7. The molecule has 3 rings (SSSR count). The van der Waals surface area contributed by atoms with Gasteiger partial charge in [0.05, 0.1) is 22.1 Å². The maximum Gasteiger partial charge on any atom is 0.344 e. The summed E-state index contributed by atoms with van der Waals surface area (Å²) in [4.78, 5) is 27.3. The summed E-state index contributed by atoms with van der Waals surface area (Å²) in [7, 11) is 0. The van der Waals surface area contributed by atoms with Crippen LogP contribution in [0.2, 0.25) is 0 Å². The molecule has 1 aliphatic rings. The number of ether oxygens (including phenoxy) is 1. The van der Waals surface area contributed by atoms with E-state index in [1.54, 1.807) is 13.0 Å². The van der Waals surface area contributed by atoms with Crippen LogP contribution in [0.1, 0.15) is 12.5 Å². The fraction of sp³-hybridized carbons (Fsp3) is 0.100. The Balaban J connectivity index is 2.00. The number of nitro benzene ring substituents is 1. The molecule has 1 heterocycles. The molecule has 7 nitrogen and oxygen atoms in total. The highest BCUT2D eigenvalue weighted by molar-refractivity contribution is 8.18. The SMILES string of the molecule is CCOC(=O)C1=C(O)/C(=C\c2ccc(F)cc2)SC1=Nc1ccc([N+](=O)[O-])cc1. The van der Waals surface area contributed by atoms with Crippen LogP contribution in [0.3, 0.4) is 0 Å². The predicted octanol–water partition coefficient (Wildman–Crippen LogP) is 4.93. The fourth-order valence-corrected chi connectivity index (χ4v) is 3.50. The van der Waals surface area contributed by atoms with E-state index in [-0.39, 0.29) is 28.7 Å². The standard InChI is InChI=1S/C20H15FN2O5S/c1-2-28-20(25)17-18(24)16(11-12-3-5-13(21)6-4-12)29-19(17)22-14-7-9-15(10-8-14)23(26)27/h3-11,24H,2H2,1H3/b16-11+,22-19?. The number of nitro groups is 1. The topological polar surface area (TPSA) is 102 Å². The number of carbonyl (C=O) groups is 1. The quantitative estimate of drug-likeness (QED) is 0.423. The maximum atomic E-state index is 13.1. The van der Waals surface area contributed by atoms with Gasteiger partial charge in [-0.1, -0.05) is 23.9 Å². The molecule has 148 valence electrons. The zero-order valence-electron chi connectivity index (χ0n) is 15.2. The van der Waals surface area contributed by atoms with Gasteiger partial charge in [0.2, 0.25) is 0 Å². The Labute approximate surface area is 169 Å². The summed E-state index contributed by atoms with van der Waals surface area (Å²) in [5, 5.41) is 21.6. The Kier molecular flexibility index (Phi) is 6.08. The van der Waals surface area contributed by atoms with Crippen molar-refractivity contribution in [2.24, 2.45) is 4.99 Å². The monoisotopic (exact) mass is 414 g/mol. The number of aliphatic hydroxyl groups is 1. The summed E-state index contributed by atoms with van der Waals surface area (Å²) in [6.45, 7) is 1.75. The van der Waals surface area contributed by atoms with Crippen LogP contribution in [0.5, 0.6) is 0 Å². The van der Waals surface area contributed by atoms with E-state index in [1.165, 1.54) is 48.5 Å². The lowest BCUT2D eigenvalue weighted by Crippen LogP contribution is -2.12. The molecule has 0 unspecified atom stereocenters. The Hall–Kier alpha value is -3.46. The van der Waals surface area contributed by atoms with Crippen molar-refractivity contribution in [3.63, 3.8) is 0 Å². The second-order valence-corrected chi connectivity index (χ2v) is 6.83. The van der Waals surface area contributed by atoms with Crippen LogP contribution in [-0.2, 0) is 9.53 Å². The van der Waals surface area contributed by atoms with Crippen LogP contribution in [0.15, 0.2) is 69.8 Å². The molecule has 0 saturated carbocycles. The van der Waals surface area contributed by atoms with Crippen molar-refractivity contribution in [2.75, 3.05) is 6.61 Å². The van der Waals surface area contributed by atoms with Gasteiger partial charge in [-0.2, -0.15) is 0 Å². The van der Waals surface area contributed by atoms with Crippen LogP contribution in [0, 0.1) is 15.9 Å². The average Bonchev–Trinajstić information content (AvgIpc) is 2.99. The van der Waals surface area contributed by atoms with E-state index in [1.807, 2.05) is 0 Å². The van der Waals surface area contributed by atoms with Crippen LogP contribution in [0.25, 0.3) is 6.08 Å². The highest BCUT2D eigenvalue weighted by Crippen LogP contribution is 2.40. The normalized spacial score (nSPS) is 16.5. The molecule has 9 heteroatoms. The zero-order chi connectivity index (χ0) is 21.0. The largest absolute Gasteiger partial charge is 0.506 e. The lowest BCUT2D eigenvalue weighted by atomic mass is 10.1. The Morgan fingerprint density at radius 2 is 1.90 bits per heavy atom. The van der Waals surface area contributed by atoms with Crippen LogP contribution >= 0.6 is 11.8 Å². The molecular formula is C20H15FN2O5S. The van der Waals surface area contributed by atoms with Crippen molar-refractivity contribution >= 4 is 40.2 Å². The van der Waals surface area contributed by atoms with Gasteiger partial charge in [0.25, 0.3) is 5.69 Å². The molecule has 0 bridgehead atoms. The first kappa shape index (κ1) is 20.3. The first-order chi connectivity index (χ1) is 13.9. The van der Waals surface area contributed by atoms with Gasteiger partial charge in [0, 0.05) is 12.1 Å². The van der Waals surface area contributed by atoms with E-state index in [4.69, 9.17) is 4.74 Å². The molecule has 2 aromatic carbocycles. The van der Waals surface area contributed by atoms with Gasteiger partial charge < -0.3 is 9.84 Å². The Morgan fingerprint density at radius 3 is 2.48 bits per heavy atom. The van der Waals surface area contributed by atoms with E-state index in [0.29, 0.717) is 16.2 Å². The van der Waals surface area contributed by atoms with E-state index in [2.05, 4.69) is 4.99 Å². The molecule has 2 aromatic rings. The number of non-ortho nitro benzene ring substituents is 1. The lowest BCUT2D eigenvalue weighted by molar-refractivity contribution is -0.384. The second-order valence-electron chi connectivity index (χ2n) is 5.80. The summed E-state index contributed by atoms with van der Waals surface area (Å²) >= 11 is 1.04. The van der Waals surface area contributed by atoms with Gasteiger partial charge >= 0.3 is 5.97 Å². The van der Waals surface area contributed by atoms with E-state index in [9.17, 15) is 24.4 Å². The number of aliphatic hydroxyl groups excluding tert-OH is 1. The number of hydrogen-bond donors (Lipinski definition) is 1. The second kappa shape index (κ2) is 8.70. The summed E-state index contributed by atoms with van der Waals surface area (Å²) in [6.07, 6.45) is 1.59. The van der Waals surface area contributed by atoms with Crippen molar-refractivity contribution in [3.05, 3.63) is 86.3 Å². The summed E-state index contributed by atoms with van der Waals surface area (Å²) in [6, 6.07) is 11.1. The smallest absolute Gasteiger partial charge is 0.344 e. The minimum absolute atomic E-state index is 0.0890. The fourth-order valence-electron chi connectivity index (χ4n) is 2.47. The molecule has 0 atom stereocenters. The van der Waals surface area contributed by atoms with Crippen molar-refractivity contribution in [2.45, 2.75) is 6.92 Å². The van der Waals surface area contributed by atoms with Crippen molar-refractivity contribution in [1.29, 1.82) is 0 Å². The molecule has 0 saturated heterocycles. The summed E-state index contributed by atoms with van der Waals surface area (Å²) in [5.41, 5.74) is 0.813. The average molecular weight is 414 g/mol. The van der Waals surface area contributed by atoms with Gasteiger partial charge in [0.1, 0.15) is 22.2 Å². The number of thioether (sulfide) groups is 1. The molecule has 0 aromatic heterocycles. The molecule has 0 aliphatic carbocycles. The molecule has 0 spiro atoms. The molecule has 29 heavy (non-hydrogen) atoms. The van der Waals surface area contributed by atoms with E-state index >= 15 is 0 Å². The third-order valence-electron chi connectivity index (χ3n) is 3.83. The summed E-state index contributed by atoms with van der Waals surface area (Å²) in [5.74, 6) is -1.42. The molecule has 0 fully saturated rings. The Bertz CT molecular complexity index is 1040. The number of benzene rings is 2. The van der Waals surface area contributed by atoms with Crippen molar-refractivity contribution in [3.8, 4) is 0 Å². The summed E-state index contributed by atoms with van der Waals surface area (Å²) < 4.78 is 18.1. The van der Waals surface area contributed by atoms with Gasteiger partial charge in [-0.05, 0) is 42.8 Å². The predicted molar refractivity (Wildman–Crippen MR) is 108 cm³/mol. The number of aliphatic imine (C=N–C) groups is 1. The lowest BCUT2D eigenvalue weighted by Gasteiger charge is -2.03. The number of nitrogens with zero attached hydrogens (tertiary/aromatic N) is 2. The highest BCUT2D eigenvalue weighted by atomic mass is 32.2. The number of rotatable bonds is 5. The van der Waals surface area contributed by atoms with E-state index in [0.717, 1.165) is 11.8 Å². The van der Waals surface area contributed by atoms with Crippen molar-refractivity contribution in [1.82, 2.24) is 0 Å². The van der Waals surface area contributed by atoms with Crippen LogP contribution < -0.4 is 0 Å². The minimum Gasteiger partial charge on any atom is -0.506 e. The Morgan fingerprint density at radius 1 is 1.24 bits per heavy atom. The van der Waals surface area contributed by atoms with E-state index < -0.39 is 16.7 Å². The molecular weight excluding hydrogens is 399 g/mol. The van der Waals surface area contributed by atoms with Crippen molar-refractivity contribution < 1.29 is 24.0 Å². The first-order valence-electron chi connectivity index (χ1n) is 8.48. The van der Waals surface area contributed by atoms with Crippen LogP contribution in [-0.4, -0.2) is 27.6 Å². The number of esters is 1. The molecule has 1 N–H and O–H groups in total. The van der Waals surface area contributed by atoms with Gasteiger partial charge in [-0.15, -0.1) is 0 Å². The van der Waals surface area contributed by atoms with Gasteiger partial charge in [-0.25, -0.2) is 14.2 Å². The molecule has 0 amide bonds. The van der Waals surface area contributed by atoms with Gasteiger partial charge in [-0.3, -0.25) is 10.1 Å². The number of halogens is 1. The van der Waals surface area contributed by atoms with Crippen LogP contribution in [0.4, 0.5) is 15.8 Å². The maximum absolute atomic E-state index is 13.1. The zero-order valence-corrected chi connectivity index (χ0v) is 16.0. The van der Waals surface area contributed by atoms with Gasteiger partial charge in [0.15, 0.2) is 0 Å². The molecule has 0 radical (unpaired) electrons. The highest BCUT2D eigenvalue weighted by Gasteiger charge is 2.33. The first-order valence-corrected chi connectivity index (χ1v) is 9.30. The minimum atomic E-state index is -0.735. The molecule has 1 aliphatic heterocycles. The third kappa shape index (κ3) is 4.69. The number of carbonyl (C=O) groups excluding carboxylic acids is 1. The third-order valence-corrected chi connectivity index (χ3v) is 4.85.